The Morgan fingerprint density at radius 2 is 2.19 bits per heavy atom. The predicted octanol–water partition coefficient (Wildman–Crippen LogP) is 2.32. The first-order valence-electron chi connectivity index (χ1n) is 5.96. The van der Waals surface area contributed by atoms with Crippen LogP contribution in [0.3, 0.4) is 0 Å². The SMILES string of the molecule is Cc1nc(C)c(C(C)N[C@@H]2CCC[C@H]2O)s1. The average molecular weight is 240 g/mol. The Balaban J connectivity index is 2.02. The molecule has 1 aliphatic carbocycles. The fraction of sp³-hybridized carbons (Fsp3) is 0.750. The predicted molar refractivity (Wildman–Crippen MR) is 66.8 cm³/mol. The zero-order chi connectivity index (χ0) is 11.7. The molecule has 0 amide bonds. The molecule has 4 heteroatoms. The molecule has 3 atom stereocenters. The normalized spacial score (nSPS) is 27.2. The first-order chi connectivity index (χ1) is 7.58. The Labute approximate surface area is 101 Å². The molecular weight excluding hydrogens is 220 g/mol. The summed E-state index contributed by atoms with van der Waals surface area (Å²) in [5.74, 6) is 0. The van der Waals surface area contributed by atoms with Gasteiger partial charge < -0.3 is 10.4 Å². The molecule has 16 heavy (non-hydrogen) atoms. The van der Waals surface area contributed by atoms with Gasteiger partial charge in [0.1, 0.15) is 0 Å². The molecule has 2 rings (SSSR count). The van der Waals surface area contributed by atoms with Crippen LogP contribution in [0.1, 0.15) is 47.8 Å². The number of aliphatic hydroxyl groups excluding tert-OH is 1. The topological polar surface area (TPSA) is 45.2 Å². The van der Waals surface area contributed by atoms with Crippen molar-refractivity contribution in [3.05, 3.63) is 15.6 Å². The number of hydrogen-bond acceptors (Lipinski definition) is 4. The van der Waals surface area contributed by atoms with E-state index in [2.05, 4.69) is 24.1 Å². The number of nitrogens with zero attached hydrogens (tertiary/aromatic N) is 1. The number of aliphatic hydroxyl groups is 1. The quantitative estimate of drug-likeness (QED) is 0.852. The van der Waals surface area contributed by atoms with Crippen molar-refractivity contribution < 1.29 is 5.11 Å². The molecule has 0 aliphatic heterocycles. The third-order valence-corrected chi connectivity index (χ3v) is 4.53. The minimum absolute atomic E-state index is 0.170. The van der Waals surface area contributed by atoms with Crippen molar-refractivity contribution in [1.82, 2.24) is 10.3 Å². The summed E-state index contributed by atoms with van der Waals surface area (Å²) in [7, 11) is 0. The van der Waals surface area contributed by atoms with Crippen LogP contribution in [-0.2, 0) is 0 Å². The second-order valence-corrected chi connectivity index (χ2v) is 5.91. The van der Waals surface area contributed by atoms with E-state index in [0.29, 0.717) is 6.04 Å². The van der Waals surface area contributed by atoms with Crippen LogP contribution in [0.15, 0.2) is 0 Å². The number of hydrogen-bond donors (Lipinski definition) is 2. The number of nitrogens with one attached hydrogen (secondary N) is 1. The van der Waals surface area contributed by atoms with Gasteiger partial charge in [0, 0.05) is 17.0 Å². The van der Waals surface area contributed by atoms with Gasteiger partial charge in [-0.05, 0) is 40.0 Å². The lowest BCUT2D eigenvalue weighted by Crippen LogP contribution is -2.37. The van der Waals surface area contributed by atoms with Gasteiger partial charge in [-0.2, -0.15) is 0 Å². The van der Waals surface area contributed by atoms with Crippen LogP contribution >= 0.6 is 11.3 Å². The lowest BCUT2D eigenvalue weighted by atomic mass is 10.1. The minimum Gasteiger partial charge on any atom is -0.392 e. The van der Waals surface area contributed by atoms with E-state index in [1.807, 2.05) is 6.92 Å². The van der Waals surface area contributed by atoms with Gasteiger partial charge >= 0.3 is 0 Å². The Morgan fingerprint density at radius 3 is 2.69 bits per heavy atom. The molecule has 0 radical (unpaired) electrons. The molecule has 1 heterocycles. The van der Waals surface area contributed by atoms with Gasteiger partial charge in [0.05, 0.1) is 16.8 Å². The lowest BCUT2D eigenvalue weighted by molar-refractivity contribution is 0.144. The third-order valence-electron chi connectivity index (χ3n) is 3.28. The van der Waals surface area contributed by atoms with Crippen LogP contribution in [0.5, 0.6) is 0 Å². The van der Waals surface area contributed by atoms with Gasteiger partial charge in [0.2, 0.25) is 0 Å². The number of rotatable bonds is 3. The molecule has 0 spiro atoms. The van der Waals surface area contributed by atoms with Crippen molar-refractivity contribution in [3.63, 3.8) is 0 Å². The molecule has 1 aromatic heterocycles. The highest BCUT2D eigenvalue weighted by Crippen LogP contribution is 2.27. The van der Waals surface area contributed by atoms with Crippen molar-refractivity contribution in [2.24, 2.45) is 0 Å². The van der Waals surface area contributed by atoms with Crippen molar-refractivity contribution in [2.75, 3.05) is 0 Å². The maximum atomic E-state index is 9.78. The molecule has 90 valence electrons. The Hall–Kier alpha value is -0.450. The first-order valence-corrected chi connectivity index (χ1v) is 6.77. The Kier molecular flexibility index (Phi) is 3.62. The monoisotopic (exact) mass is 240 g/mol. The van der Waals surface area contributed by atoms with E-state index in [-0.39, 0.29) is 12.1 Å². The average Bonchev–Trinajstić information content (AvgIpc) is 2.74. The van der Waals surface area contributed by atoms with Gasteiger partial charge in [-0.25, -0.2) is 4.98 Å². The smallest absolute Gasteiger partial charge is 0.0900 e. The van der Waals surface area contributed by atoms with Crippen LogP contribution < -0.4 is 5.32 Å². The van der Waals surface area contributed by atoms with E-state index in [0.717, 1.165) is 30.0 Å². The molecular formula is C12H20N2OS. The van der Waals surface area contributed by atoms with Crippen molar-refractivity contribution in [2.45, 2.75) is 58.2 Å². The molecule has 1 unspecified atom stereocenters. The largest absolute Gasteiger partial charge is 0.392 e. The van der Waals surface area contributed by atoms with Crippen molar-refractivity contribution >= 4 is 11.3 Å². The summed E-state index contributed by atoms with van der Waals surface area (Å²) >= 11 is 1.75. The van der Waals surface area contributed by atoms with E-state index >= 15 is 0 Å². The maximum absolute atomic E-state index is 9.78. The number of aryl methyl sites for hydroxylation is 2. The fourth-order valence-electron chi connectivity index (χ4n) is 2.48. The number of aromatic nitrogens is 1. The zero-order valence-electron chi connectivity index (χ0n) is 10.2. The molecule has 1 aliphatic rings. The summed E-state index contributed by atoms with van der Waals surface area (Å²) in [6, 6.07) is 0.556. The van der Waals surface area contributed by atoms with Crippen LogP contribution in [-0.4, -0.2) is 22.2 Å². The maximum Gasteiger partial charge on any atom is 0.0900 e. The summed E-state index contributed by atoms with van der Waals surface area (Å²) in [4.78, 5) is 5.74. The molecule has 1 saturated carbocycles. The van der Waals surface area contributed by atoms with E-state index in [9.17, 15) is 5.11 Å². The highest BCUT2D eigenvalue weighted by atomic mass is 32.1. The van der Waals surface area contributed by atoms with E-state index < -0.39 is 0 Å². The summed E-state index contributed by atoms with van der Waals surface area (Å²) in [6.45, 7) is 6.26. The molecule has 0 aromatic carbocycles. The molecule has 1 aromatic rings. The van der Waals surface area contributed by atoms with E-state index in [1.54, 1.807) is 11.3 Å². The summed E-state index contributed by atoms with van der Waals surface area (Å²) in [5.41, 5.74) is 1.12. The van der Waals surface area contributed by atoms with Crippen LogP contribution in [0, 0.1) is 13.8 Å². The molecule has 1 fully saturated rings. The lowest BCUT2D eigenvalue weighted by Gasteiger charge is -2.21. The van der Waals surface area contributed by atoms with E-state index in [4.69, 9.17) is 0 Å². The summed E-state index contributed by atoms with van der Waals surface area (Å²) in [5, 5.41) is 14.4. The van der Waals surface area contributed by atoms with Crippen molar-refractivity contribution in [3.8, 4) is 0 Å². The third kappa shape index (κ3) is 2.44. The fourth-order valence-corrected chi connectivity index (χ4v) is 3.42. The molecule has 0 saturated heterocycles. The van der Waals surface area contributed by atoms with Gasteiger partial charge in [-0.1, -0.05) is 0 Å². The highest BCUT2D eigenvalue weighted by molar-refractivity contribution is 7.11. The van der Waals surface area contributed by atoms with Gasteiger partial charge in [-0.3, -0.25) is 0 Å². The number of thiazole rings is 1. The Morgan fingerprint density at radius 1 is 1.44 bits per heavy atom. The van der Waals surface area contributed by atoms with Gasteiger partial charge in [-0.15, -0.1) is 11.3 Å². The highest BCUT2D eigenvalue weighted by Gasteiger charge is 2.27. The minimum atomic E-state index is -0.170. The van der Waals surface area contributed by atoms with Crippen LogP contribution in [0.2, 0.25) is 0 Å². The Bertz CT molecular complexity index is 364. The standard InChI is InChI=1S/C12H20N2OS/c1-7-12(16-9(3)13-7)8(2)14-10-5-4-6-11(10)15/h8,10-11,14-15H,4-6H2,1-3H3/t8?,10-,11-/m1/s1. The zero-order valence-corrected chi connectivity index (χ0v) is 11.0. The molecule has 3 nitrogen and oxygen atoms in total. The van der Waals surface area contributed by atoms with E-state index in [1.165, 1.54) is 4.88 Å². The van der Waals surface area contributed by atoms with Gasteiger partial charge in [0.15, 0.2) is 0 Å². The van der Waals surface area contributed by atoms with Crippen LogP contribution in [0.25, 0.3) is 0 Å². The summed E-state index contributed by atoms with van der Waals surface area (Å²) < 4.78 is 0. The molecule has 2 N–H and O–H groups in total. The second-order valence-electron chi connectivity index (χ2n) is 4.68. The van der Waals surface area contributed by atoms with Gasteiger partial charge in [0.25, 0.3) is 0 Å². The first kappa shape index (κ1) is 12.0. The van der Waals surface area contributed by atoms with Crippen LogP contribution in [0.4, 0.5) is 0 Å². The molecule has 0 bridgehead atoms. The van der Waals surface area contributed by atoms with Crippen molar-refractivity contribution in [1.29, 1.82) is 0 Å². The second kappa shape index (κ2) is 4.82. The summed E-state index contributed by atoms with van der Waals surface area (Å²) in [6.07, 6.45) is 2.98.